The first-order chi connectivity index (χ1) is 9.36. The first-order valence-corrected chi connectivity index (χ1v) is 8.11. The van der Waals surface area contributed by atoms with Gasteiger partial charge in [0.15, 0.2) is 0 Å². The standard InChI is InChI=1S/C11H10BrClN4O2S/c12-9-6-16-11(13)17-10(9)15-5-7-1-3-8(4-2-7)20(14,18)19/h1-4,6H,5H2,(H2,14,18,19)(H,15,16,17). The number of primary sulfonamides is 1. The van der Waals surface area contributed by atoms with E-state index in [0.29, 0.717) is 16.8 Å². The number of nitrogens with zero attached hydrogens (tertiary/aromatic N) is 2. The van der Waals surface area contributed by atoms with Gasteiger partial charge < -0.3 is 5.32 Å². The molecule has 1 aromatic carbocycles. The summed E-state index contributed by atoms with van der Waals surface area (Å²) in [4.78, 5) is 7.92. The zero-order valence-corrected chi connectivity index (χ0v) is 13.2. The van der Waals surface area contributed by atoms with Crippen LogP contribution in [0.1, 0.15) is 5.56 Å². The fourth-order valence-electron chi connectivity index (χ4n) is 1.45. The monoisotopic (exact) mass is 376 g/mol. The van der Waals surface area contributed by atoms with E-state index in [9.17, 15) is 8.42 Å². The average Bonchev–Trinajstić information content (AvgIpc) is 2.39. The smallest absolute Gasteiger partial charge is 0.238 e. The van der Waals surface area contributed by atoms with Crippen LogP contribution < -0.4 is 10.5 Å². The van der Waals surface area contributed by atoms with Crippen LogP contribution in [0.25, 0.3) is 0 Å². The van der Waals surface area contributed by atoms with Gasteiger partial charge in [-0.3, -0.25) is 0 Å². The predicted octanol–water partition coefficient (Wildman–Crippen LogP) is 2.15. The van der Waals surface area contributed by atoms with E-state index in [1.165, 1.54) is 12.1 Å². The second-order valence-corrected chi connectivity index (χ2v) is 6.63. The number of hydrogen-bond donors (Lipinski definition) is 2. The lowest BCUT2D eigenvalue weighted by atomic mass is 10.2. The molecule has 9 heteroatoms. The number of nitrogens with two attached hydrogens (primary N) is 1. The molecular formula is C11H10BrClN4O2S. The Hall–Kier alpha value is -1.22. The van der Waals surface area contributed by atoms with Gasteiger partial charge in [-0.2, -0.15) is 4.98 Å². The molecule has 2 rings (SSSR count). The molecule has 1 heterocycles. The molecule has 0 bridgehead atoms. The van der Waals surface area contributed by atoms with E-state index < -0.39 is 10.0 Å². The van der Waals surface area contributed by atoms with Crippen molar-refractivity contribution >= 4 is 43.4 Å². The second kappa shape index (κ2) is 6.04. The maximum Gasteiger partial charge on any atom is 0.238 e. The summed E-state index contributed by atoms with van der Waals surface area (Å²) in [5, 5.41) is 8.23. The fourth-order valence-corrected chi connectivity index (χ4v) is 2.43. The van der Waals surface area contributed by atoms with Crippen molar-refractivity contribution in [2.45, 2.75) is 11.4 Å². The van der Waals surface area contributed by atoms with Crippen molar-refractivity contribution in [2.24, 2.45) is 5.14 Å². The van der Waals surface area contributed by atoms with Gasteiger partial charge in [-0.15, -0.1) is 0 Å². The molecule has 0 saturated heterocycles. The normalized spacial score (nSPS) is 11.3. The summed E-state index contributed by atoms with van der Waals surface area (Å²) in [6, 6.07) is 6.25. The van der Waals surface area contributed by atoms with Crippen LogP contribution in [0.15, 0.2) is 39.8 Å². The molecule has 0 saturated carbocycles. The van der Waals surface area contributed by atoms with Crippen LogP contribution in [-0.4, -0.2) is 18.4 Å². The van der Waals surface area contributed by atoms with Crippen LogP contribution in [0.2, 0.25) is 5.28 Å². The van der Waals surface area contributed by atoms with Gasteiger partial charge in [-0.05, 0) is 45.2 Å². The molecule has 2 aromatic rings. The Morgan fingerprint density at radius 1 is 1.30 bits per heavy atom. The third kappa shape index (κ3) is 3.89. The Balaban J connectivity index is 2.10. The molecule has 0 aliphatic carbocycles. The van der Waals surface area contributed by atoms with Crippen molar-refractivity contribution in [2.75, 3.05) is 5.32 Å². The van der Waals surface area contributed by atoms with Gasteiger partial charge in [0.25, 0.3) is 0 Å². The van der Waals surface area contributed by atoms with Gasteiger partial charge in [0.1, 0.15) is 5.82 Å². The van der Waals surface area contributed by atoms with Gasteiger partial charge in [0, 0.05) is 12.7 Å². The Morgan fingerprint density at radius 2 is 1.95 bits per heavy atom. The molecule has 0 amide bonds. The number of hydrogen-bond acceptors (Lipinski definition) is 5. The molecule has 106 valence electrons. The third-order valence-electron chi connectivity index (χ3n) is 2.43. The van der Waals surface area contributed by atoms with Crippen molar-refractivity contribution in [1.29, 1.82) is 0 Å². The summed E-state index contributed by atoms with van der Waals surface area (Å²) in [7, 11) is -3.66. The molecule has 0 atom stereocenters. The van der Waals surface area contributed by atoms with Crippen LogP contribution >= 0.6 is 27.5 Å². The molecule has 0 aliphatic rings. The Labute approximate surface area is 129 Å². The average molecular weight is 378 g/mol. The first-order valence-electron chi connectivity index (χ1n) is 5.40. The lowest BCUT2D eigenvalue weighted by molar-refractivity contribution is 0.598. The predicted molar refractivity (Wildman–Crippen MR) is 79.9 cm³/mol. The molecular weight excluding hydrogens is 368 g/mol. The number of aromatic nitrogens is 2. The van der Waals surface area contributed by atoms with Gasteiger partial charge >= 0.3 is 0 Å². The zero-order valence-electron chi connectivity index (χ0n) is 10.0. The fraction of sp³-hybridized carbons (Fsp3) is 0.0909. The SMILES string of the molecule is NS(=O)(=O)c1ccc(CNc2nc(Cl)ncc2Br)cc1. The maximum absolute atomic E-state index is 11.1. The van der Waals surface area contributed by atoms with Crippen molar-refractivity contribution in [3.63, 3.8) is 0 Å². The van der Waals surface area contributed by atoms with Crippen LogP contribution in [0.4, 0.5) is 5.82 Å². The van der Waals surface area contributed by atoms with Crippen LogP contribution in [0, 0.1) is 0 Å². The maximum atomic E-state index is 11.1. The van der Waals surface area contributed by atoms with E-state index >= 15 is 0 Å². The Bertz CT molecular complexity index is 722. The third-order valence-corrected chi connectivity index (χ3v) is 4.12. The molecule has 20 heavy (non-hydrogen) atoms. The summed E-state index contributed by atoms with van der Waals surface area (Å²) >= 11 is 9.01. The highest BCUT2D eigenvalue weighted by Gasteiger charge is 2.07. The Morgan fingerprint density at radius 3 is 2.55 bits per heavy atom. The molecule has 1 aromatic heterocycles. The van der Waals surface area contributed by atoms with E-state index in [-0.39, 0.29) is 10.2 Å². The Kier molecular flexibility index (Phi) is 4.59. The highest BCUT2D eigenvalue weighted by Crippen LogP contribution is 2.21. The van der Waals surface area contributed by atoms with Gasteiger partial charge in [0.2, 0.25) is 15.3 Å². The summed E-state index contributed by atoms with van der Waals surface area (Å²) < 4.78 is 22.9. The highest BCUT2D eigenvalue weighted by atomic mass is 79.9. The minimum atomic E-state index is -3.66. The number of benzene rings is 1. The summed E-state index contributed by atoms with van der Waals surface area (Å²) in [5.41, 5.74) is 0.874. The minimum Gasteiger partial charge on any atom is -0.365 e. The van der Waals surface area contributed by atoms with Gasteiger partial charge in [0.05, 0.1) is 9.37 Å². The van der Waals surface area contributed by atoms with Crippen molar-refractivity contribution in [3.05, 3.63) is 45.8 Å². The van der Waals surface area contributed by atoms with Crippen LogP contribution in [-0.2, 0) is 16.6 Å². The van der Waals surface area contributed by atoms with E-state index in [1.54, 1.807) is 18.3 Å². The van der Waals surface area contributed by atoms with Gasteiger partial charge in [-0.1, -0.05) is 12.1 Å². The molecule has 0 fully saturated rings. The van der Waals surface area contributed by atoms with Gasteiger partial charge in [-0.25, -0.2) is 18.5 Å². The second-order valence-electron chi connectivity index (χ2n) is 3.88. The van der Waals surface area contributed by atoms with Crippen LogP contribution in [0.3, 0.4) is 0 Å². The number of rotatable bonds is 4. The number of anilines is 1. The topological polar surface area (TPSA) is 98.0 Å². The number of nitrogens with one attached hydrogen (secondary N) is 1. The first kappa shape index (κ1) is 15.2. The van der Waals surface area contributed by atoms with Crippen molar-refractivity contribution in [3.8, 4) is 0 Å². The molecule has 0 radical (unpaired) electrons. The van der Waals surface area contributed by atoms with E-state index in [1.807, 2.05) is 0 Å². The zero-order chi connectivity index (χ0) is 14.8. The largest absolute Gasteiger partial charge is 0.365 e. The van der Waals surface area contributed by atoms with Crippen molar-refractivity contribution < 1.29 is 8.42 Å². The molecule has 0 aliphatic heterocycles. The number of sulfonamides is 1. The van der Waals surface area contributed by atoms with E-state index in [2.05, 4.69) is 31.2 Å². The van der Waals surface area contributed by atoms with Crippen LogP contribution in [0.5, 0.6) is 0 Å². The van der Waals surface area contributed by atoms with Crippen molar-refractivity contribution in [1.82, 2.24) is 9.97 Å². The van der Waals surface area contributed by atoms with E-state index in [4.69, 9.17) is 16.7 Å². The molecule has 0 unspecified atom stereocenters. The summed E-state index contributed by atoms with van der Waals surface area (Å²) in [6.45, 7) is 0.455. The lowest BCUT2D eigenvalue weighted by Gasteiger charge is -2.08. The highest BCUT2D eigenvalue weighted by molar-refractivity contribution is 9.10. The minimum absolute atomic E-state index is 0.0764. The quantitative estimate of drug-likeness (QED) is 0.796. The summed E-state index contributed by atoms with van der Waals surface area (Å²) in [5.74, 6) is 0.556. The lowest BCUT2D eigenvalue weighted by Crippen LogP contribution is -2.12. The summed E-state index contributed by atoms with van der Waals surface area (Å²) in [6.07, 6.45) is 1.54. The molecule has 6 nitrogen and oxygen atoms in total. The van der Waals surface area contributed by atoms with E-state index in [0.717, 1.165) is 5.56 Å². The number of halogens is 2. The molecule has 0 spiro atoms. The molecule has 3 N–H and O–H groups in total.